The first-order valence-electron chi connectivity index (χ1n) is 8.74. The number of hydrogen-bond donors (Lipinski definition) is 1. The van der Waals surface area contributed by atoms with Gasteiger partial charge in [-0.1, -0.05) is 6.07 Å². The lowest BCUT2D eigenvalue weighted by atomic mass is 9.99. The maximum atomic E-state index is 9.83. The van der Waals surface area contributed by atoms with Crippen molar-refractivity contribution in [3.63, 3.8) is 0 Å². The highest BCUT2D eigenvalue weighted by Crippen LogP contribution is 2.35. The summed E-state index contributed by atoms with van der Waals surface area (Å²) in [6, 6.07) is 11.5. The Hall–Kier alpha value is -3.46. The maximum Gasteiger partial charge on any atom is 0.137 e. The lowest BCUT2D eigenvalue weighted by Crippen LogP contribution is -2.03. The second-order valence-corrected chi connectivity index (χ2v) is 6.92. The predicted molar refractivity (Wildman–Crippen MR) is 108 cm³/mol. The molecule has 8 heteroatoms. The summed E-state index contributed by atoms with van der Waals surface area (Å²) in [7, 11) is 0. The predicted octanol–water partition coefficient (Wildman–Crippen LogP) is 3.25. The molecule has 3 heterocycles. The Morgan fingerprint density at radius 2 is 1.97 bits per heavy atom. The Balaban J connectivity index is 2.02. The first-order chi connectivity index (χ1) is 14.2. The molecule has 1 N–H and O–H groups in total. The average molecular weight is 403 g/mol. The average Bonchev–Trinajstić information content (AvgIpc) is 2.76. The molecule has 0 saturated heterocycles. The summed E-state index contributed by atoms with van der Waals surface area (Å²) in [5.74, 6) is 1.10. The quantitative estimate of drug-likeness (QED) is 0.598. The molecule has 0 radical (unpaired) electrons. The number of pyridine rings is 3. The first kappa shape index (κ1) is 20.3. The third kappa shape index (κ3) is 4.69. The van der Waals surface area contributed by atoms with Crippen molar-refractivity contribution in [3.8, 4) is 29.1 Å². The van der Waals surface area contributed by atoms with Crippen molar-refractivity contribution in [2.45, 2.75) is 17.7 Å². The highest BCUT2D eigenvalue weighted by Gasteiger charge is 2.21. The zero-order chi connectivity index (χ0) is 20.6. The van der Waals surface area contributed by atoms with E-state index >= 15 is 0 Å². The van der Waals surface area contributed by atoms with Crippen molar-refractivity contribution in [1.29, 1.82) is 10.5 Å². The number of rotatable bonds is 7. The van der Waals surface area contributed by atoms with Crippen LogP contribution in [0.5, 0.6) is 5.75 Å². The number of ether oxygens (including phenoxy) is 1. The van der Waals surface area contributed by atoms with Gasteiger partial charge >= 0.3 is 0 Å². The number of hydrogen-bond acceptors (Lipinski definition) is 8. The van der Waals surface area contributed by atoms with Crippen LogP contribution in [0.25, 0.3) is 11.3 Å². The second kappa shape index (κ2) is 9.65. The molecule has 7 nitrogen and oxygen atoms in total. The Morgan fingerprint density at radius 3 is 2.59 bits per heavy atom. The van der Waals surface area contributed by atoms with Crippen LogP contribution in [0.1, 0.15) is 22.4 Å². The summed E-state index contributed by atoms with van der Waals surface area (Å²) in [5.41, 5.74) is 3.14. The fourth-order valence-electron chi connectivity index (χ4n) is 2.69. The number of nitriles is 2. The van der Waals surface area contributed by atoms with Gasteiger partial charge in [0.1, 0.15) is 29.5 Å². The van der Waals surface area contributed by atoms with Crippen molar-refractivity contribution in [3.05, 3.63) is 65.2 Å². The molecule has 0 aromatic carbocycles. The number of nitrogens with zero attached hydrogens (tertiary/aromatic N) is 5. The van der Waals surface area contributed by atoms with Crippen LogP contribution in [0.15, 0.2) is 47.9 Å². The van der Waals surface area contributed by atoms with Gasteiger partial charge in [-0.25, -0.2) is 4.98 Å². The van der Waals surface area contributed by atoms with E-state index in [1.807, 2.05) is 12.1 Å². The molecule has 144 valence electrons. The number of aliphatic hydroxyl groups is 1. The summed E-state index contributed by atoms with van der Waals surface area (Å²) >= 11 is 1.42. The molecular formula is C21H17N5O2S. The van der Waals surface area contributed by atoms with Crippen LogP contribution >= 0.6 is 11.8 Å². The van der Waals surface area contributed by atoms with E-state index in [2.05, 4.69) is 27.1 Å². The fourth-order valence-corrected chi connectivity index (χ4v) is 3.66. The van der Waals surface area contributed by atoms with Gasteiger partial charge in [0.2, 0.25) is 0 Å². The summed E-state index contributed by atoms with van der Waals surface area (Å²) in [6.07, 6.45) is 4.98. The van der Waals surface area contributed by atoms with E-state index < -0.39 is 0 Å². The van der Waals surface area contributed by atoms with E-state index in [1.54, 1.807) is 31.5 Å². The molecule has 0 atom stereocenters. The number of aliphatic hydroxyl groups excluding tert-OH is 1. The minimum atomic E-state index is -0.0972. The smallest absolute Gasteiger partial charge is 0.137 e. The van der Waals surface area contributed by atoms with Crippen LogP contribution in [0, 0.1) is 29.6 Å². The van der Waals surface area contributed by atoms with Crippen LogP contribution in [0.3, 0.4) is 0 Å². The van der Waals surface area contributed by atoms with Crippen molar-refractivity contribution in [2.24, 2.45) is 0 Å². The molecule has 0 saturated carbocycles. The second-order valence-electron chi connectivity index (χ2n) is 5.95. The monoisotopic (exact) mass is 403 g/mol. The van der Waals surface area contributed by atoms with Crippen LogP contribution in [-0.2, 0) is 5.75 Å². The SMILES string of the molecule is Cc1nc(SCc2cccnc2)c(C#N)c(-c2ccc(OCCO)cn2)c1C#N. The van der Waals surface area contributed by atoms with E-state index in [0.717, 1.165) is 5.56 Å². The first-order valence-corrected chi connectivity index (χ1v) is 9.73. The van der Waals surface area contributed by atoms with Gasteiger partial charge in [-0.2, -0.15) is 10.5 Å². The highest BCUT2D eigenvalue weighted by atomic mass is 32.2. The summed E-state index contributed by atoms with van der Waals surface area (Å²) in [4.78, 5) is 13.0. The molecule has 3 aromatic rings. The Kier molecular flexibility index (Phi) is 6.75. The lowest BCUT2D eigenvalue weighted by Gasteiger charge is -2.13. The topological polar surface area (TPSA) is 116 Å². The lowest BCUT2D eigenvalue weighted by molar-refractivity contribution is 0.201. The molecule has 0 aliphatic rings. The van der Waals surface area contributed by atoms with E-state index in [1.165, 1.54) is 18.0 Å². The molecule has 0 spiro atoms. The minimum absolute atomic E-state index is 0.0972. The zero-order valence-corrected chi connectivity index (χ0v) is 16.5. The van der Waals surface area contributed by atoms with Crippen molar-refractivity contribution in [1.82, 2.24) is 15.0 Å². The van der Waals surface area contributed by atoms with Gasteiger partial charge in [0.15, 0.2) is 0 Å². The highest BCUT2D eigenvalue weighted by molar-refractivity contribution is 7.98. The fraction of sp³-hybridized carbons (Fsp3) is 0.190. The summed E-state index contributed by atoms with van der Waals surface area (Å²) < 4.78 is 5.33. The van der Waals surface area contributed by atoms with E-state index in [4.69, 9.17) is 9.84 Å². The van der Waals surface area contributed by atoms with E-state index in [9.17, 15) is 10.5 Å². The number of aromatic nitrogens is 3. The van der Waals surface area contributed by atoms with Crippen molar-refractivity contribution < 1.29 is 9.84 Å². The maximum absolute atomic E-state index is 9.83. The van der Waals surface area contributed by atoms with Gasteiger partial charge in [-0.15, -0.1) is 11.8 Å². The van der Waals surface area contributed by atoms with Gasteiger partial charge in [0, 0.05) is 23.7 Å². The van der Waals surface area contributed by atoms with Gasteiger partial charge in [-0.3, -0.25) is 9.97 Å². The number of thioether (sulfide) groups is 1. The minimum Gasteiger partial charge on any atom is -0.490 e. The van der Waals surface area contributed by atoms with Gasteiger partial charge in [0.05, 0.1) is 35.3 Å². The van der Waals surface area contributed by atoms with Gasteiger partial charge in [-0.05, 0) is 30.7 Å². The Labute approximate surface area is 172 Å². The molecule has 29 heavy (non-hydrogen) atoms. The summed E-state index contributed by atoms with van der Waals surface area (Å²) in [5, 5.41) is 28.9. The van der Waals surface area contributed by atoms with E-state index in [0.29, 0.717) is 44.6 Å². The normalized spacial score (nSPS) is 10.2. The molecule has 0 aliphatic carbocycles. The standard InChI is InChI=1S/C21H17N5O2S/c1-14-17(9-22)20(19-5-4-16(12-25-19)28-8-7-27)18(10-23)21(26-14)29-13-15-3-2-6-24-11-15/h2-6,11-12,27H,7-8,13H2,1H3. The van der Waals surface area contributed by atoms with Gasteiger partial charge in [0.25, 0.3) is 0 Å². The molecular weight excluding hydrogens is 386 g/mol. The Morgan fingerprint density at radius 1 is 1.14 bits per heavy atom. The third-order valence-corrected chi connectivity index (χ3v) is 5.07. The van der Waals surface area contributed by atoms with Crippen molar-refractivity contribution in [2.75, 3.05) is 13.2 Å². The van der Waals surface area contributed by atoms with Crippen molar-refractivity contribution >= 4 is 11.8 Å². The van der Waals surface area contributed by atoms with Gasteiger partial charge < -0.3 is 9.84 Å². The van der Waals surface area contributed by atoms with Crippen LogP contribution < -0.4 is 4.74 Å². The largest absolute Gasteiger partial charge is 0.490 e. The molecule has 0 unspecified atom stereocenters. The zero-order valence-electron chi connectivity index (χ0n) is 15.7. The van der Waals surface area contributed by atoms with Crippen LogP contribution in [-0.4, -0.2) is 33.3 Å². The Bertz CT molecular complexity index is 1070. The molecule has 3 rings (SSSR count). The van der Waals surface area contributed by atoms with E-state index in [-0.39, 0.29) is 13.2 Å². The van der Waals surface area contributed by atoms with Crippen LogP contribution in [0.2, 0.25) is 0 Å². The van der Waals surface area contributed by atoms with Crippen LogP contribution in [0.4, 0.5) is 0 Å². The molecule has 0 fully saturated rings. The number of aryl methyl sites for hydroxylation is 1. The third-order valence-electron chi connectivity index (χ3n) is 4.02. The summed E-state index contributed by atoms with van der Waals surface area (Å²) in [6.45, 7) is 1.81. The molecule has 3 aromatic heterocycles. The molecule has 0 amide bonds. The molecule has 0 aliphatic heterocycles. The molecule has 0 bridgehead atoms.